The van der Waals surface area contributed by atoms with Gasteiger partial charge in [0.05, 0.1) is 10.7 Å². The number of aryl methyl sites for hydroxylation is 1. The van der Waals surface area contributed by atoms with E-state index >= 15 is 0 Å². The van der Waals surface area contributed by atoms with E-state index in [9.17, 15) is 4.79 Å². The highest BCUT2D eigenvalue weighted by molar-refractivity contribution is 6.35. The van der Waals surface area contributed by atoms with Crippen LogP contribution in [-0.2, 0) is 16.6 Å². The normalized spacial score (nSPS) is 11.5. The zero-order valence-electron chi connectivity index (χ0n) is 13.3. The fraction of sp³-hybridized carbons (Fsp3) is 0.438. The molecule has 0 fully saturated rings. The molecule has 0 spiro atoms. The molecule has 124 valence electrons. The van der Waals surface area contributed by atoms with Gasteiger partial charge in [-0.2, -0.15) is 4.98 Å². The quantitative estimate of drug-likeness (QED) is 0.848. The zero-order chi connectivity index (χ0) is 17.0. The Bertz CT molecular complexity index is 693. The summed E-state index contributed by atoms with van der Waals surface area (Å²) < 4.78 is 5.19. The summed E-state index contributed by atoms with van der Waals surface area (Å²) in [6, 6.07) is 4.93. The molecule has 1 aromatic carbocycles. The maximum atomic E-state index is 12.0. The van der Waals surface area contributed by atoms with Crippen LogP contribution in [0.4, 0.5) is 5.69 Å². The van der Waals surface area contributed by atoms with Gasteiger partial charge in [-0.15, -0.1) is 0 Å². The predicted octanol–water partition coefficient (Wildman–Crippen LogP) is 4.64. The molecule has 1 amide bonds. The minimum Gasteiger partial charge on any atom is -0.339 e. The first-order chi connectivity index (χ1) is 10.8. The van der Waals surface area contributed by atoms with E-state index in [-0.39, 0.29) is 11.3 Å². The SMILES string of the molecule is CC(C)(C)c1noc(CCCC(=O)Nc2cc(Cl)ccc2Cl)n1. The third kappa shape index (κ3) is 5.22. The van der Waals surface area contributed by atoms with Gasteiger partial charge in [0.25, 0.3) is 0 Å². The Labute approximate surface area is 145 Å². The van der Waals surface area contributed by atoms with E-state index in [4.69, 9.17) is 27.7 Å². The lowest BCUT2D eigenvalue weighted by atomic mass is 9.96. The van der Waals surface area contributed by atoms with Gasteiger partial charge in [-0.1, -0.05) is 49.1 Å². The second-order valence-corrected chi connectivity index (χ2v) is 7.13. The molecule has 0 atom stereocenters. The van der Waals surface area contributed by atoms with Crippen molar-refractivity contribution in [1.29, 1.82) is 0 Å². The molecule has 0 saturated carbocycles. The Morgan fingerprint density at radius 1 is 1.30 bits per heavy atom. The standard InChI is InChI=1S/C16H19Cl2N3O2/c1-16(2,3)15-20-14(23-21-15)6-4-5-13(22)19-12-9-10(17)7-8-11(12)18/h7-9H,4-6H2,1-3H3,(H,19,22). The summed E-state index contributed by atoms with van der Waals surface area (Å²) in [5, 5.41) is 7.67. The molecule has 0 radical (unpaired) electrons. The molecule has 1 heterocycles. The van der Waals surface area contributed by atoms with Crippen molar-refractivity contribution in [3.05, 3.63) is 40.0 Å². The van der Waals surface area contributed by atoms with Crippen LogP contribution in [0.25, 0.3) is 0 Å². The Balaban J connectivity index is 1.83. The molecule has 0 bridgehead atoms. The smallest absolute Gasteiger partial charge is 0.226 e. The Morgan fingerprint density at radius 3 is 2.70 bits per heavy atom. The summed E-state index contributed by atoms with van der Waals surface area (Å²) in [4.78, 5) is 16.3. The van der Waals surface area contributed by atoms with E-state index in [1.165, 1.54) is 0 Å². The number of halogens is 2. The first kappa shape index (κ1) is 17.8. The number of hydrogen-bond donors (Lipinski definition) is 1. The van der Waals surface area contributed by atoms with Gasteiger partial charge in [0, 0.05) is 23.3 Å². The van der Waals surface area contributed by atoms with Gasteiger partial charge in [0.15, 0.2) is 5.82 Å². The molecule has 2 aromatic rings. The number of benzene rings is 1. The molecule has 0 aliphatic carbocycles. The molecule has 0 unspecified atom stereocenters. The van der Waals surface area contributed by atoms with Gasteiger partial charge in [0.2, 0.25) is 11.8 Å². The summed E-state index contributed by atoms with van der Waals surface area (Å²) in [6.45, 7) is 6.05. The number of anilines is 1. The van der Waals surface area contributed by atoms with Crippen molar-refractivity contribution in [3.8, 4) is 0 Å². The molecule has 7 heteroatoms. The van der Waals surface area contributed by atoms with Crippen molar-refractivity contribution in [2.45, 2.75) is 45.4 Å². The van der Waals surface area contributed by atoms with Crippen molar-refractivity contribution in [2.24, 2.45) is 0 Å². The van der Waals surface area contributed by atoms with E-state index in [2.05, 4.69) is 15.5 Å². The van der Waals surface area contributed by atoms with Crippen LogP contribution in [0.5, 0.6) is 0 Å². The van der Waals surface area contributed by atoms with Gasteiger partial charge in [-0.3, -0.25) is 4.79 Å². The average Bonchev–Trinajstić information content (AvgIpc) is 2.92. The number of rotatable bonds is 5. The number of carbonyl (C=O) groups excluding carboxylic acids is 1. The largest absolute Gasteiger partial charge is 0.339 e. The van der Waals surface area contributed by atoms with E-state index in [0.717, 1.165) is 0 Å². The molecule has 1 N–H and O–H groups in total. The highest BCUT2D eigenvalue weighted by Gasteiger charge is 2.20. The van der Waals surface area contributed by atoms with Gasteiger partial charge < -0.3 is 9.84 Å². The molecule has 0 aliphatic heterocycles. The summed E-state index contributed by atoms with van der Waals surface area (Å²) in [5.41, 5.74) is 0.361. The number of amides is 1. The second kappa shape index (κ2) is 7.32. The number of carbonyl (C=O) groups is 1. The molecular weight excluding hydrogens is 337 g/mol. The highest BCUT2D eigenvalue weighted by atomic mass is 35.5. The highest BCUT2D eigenvalue weighted by Crippen LogP contribution is 2.25. The average molecular weight is 356 g/mol. The number of nitrogens with one attached hydrogen (secondary N) is 1. The van der Waals surface area contributed by atoms with Crippen LogP contribution in [0, 0.1) is 0 Å². The second-order valence-electron chi connectivity index (χ2n) is 6.29. The molecule has 1 aromatic heterocycles. The van der Waals surface area contributed by atoms with E-state index in [1.807, 2.05) is 20.8 Å². The third-order valence-corrected chi connectivity index (χ3v) is 3.70. The monoisotopic (exact) mass is 355 g/mol. The van der Waals surface area contributed by atoms with Crippen LogP contribution in [-0.4, -0.2) is 16.0 Å². The number of nitrogens with zero attached hydrogens (tertiary/aromatic N) is 2. The third-order valence-electron chi connectivity index (χ3n) is 3.14. The number of aromatic nitrogens is 2. The van der Waals surface area contributed by atoms with Gasteiger partial charge in [-0.05, 0) is 24.6 Å². The number of hydrogen-bond acceptors (Lipinski definition) is 4. The van der Waals surface area contributed by atoms with Crippen LogP contribution >= 0.6 is 23.2 Å². The fourth-order valence-corrected chi connectivity index (χ4v) is 2.20. The van der Waals surface area contributed by atoms with Gasteiger partial charge in [0.1, 0.15) is 0 Å². The topological polar surface area (TPSA) is 68.0 Å². The molecule has 0 aliphatic rings. The molecule has 0 saturated heterocycles. The first-order valence-electron chi connectivity index (χ1n) is 7.33. The van der Waals surface area contributed by atoms with E-state index in [1.54, 1.807) is 18.2 Å². The fourth-order valence-electron chi connectivity index (χ4n) is 1.87. The molecule has 5 nitrogen and oxygen atoms in total. The van der Waals surface area contributed by atoms with Crippen LogP contribution in [0.3, 0.4) is 0 Å². The van der Waals surface area contributed by atoms with Gasteiger partial charge in [-0.25, -0.2) is 0 Å². The summed E-state index contributed by atoms with van der Waals surface area (Å²) >= 11 is 11.9. The Morgan fingerprint density at radius 2 is 2.04 bits per heavy atom. The lowest BCUT2D eigenvalue weighted by molar-refractivity contribution is -0.116. The van der Waals surface area contributed by atoms with Gasteiger partial charge >= 0.3 is 0 Å². The Hall–Kier alpha value is -1.59. The van der Waals surface area contributed by atoms with Crippen LogP contribution < -0.4 is 5.32 Å². The van der Waals surface area contributed by atoms with Crippen LogP contribution in [0.15, 0.2) is 22.7 Å². The molecule has 2 rings (SSSR count). The van der Waals surface area contributed by atoms with Crippen LogP contribution in [0.1, 0.15) is 45.3 Å². The van der Waals surface area contributed by atoms with Crippen molar-refractivity contribution in [1.82, 2.24) is 10.1 Å². The van der Waals surface area contributed by atoms with Crippen molar-refractivity contribution >= 4 is 34.8 Å². The first-order valence-corrected chi connectivity index (χ1v) is 8.09. The van der Waals surface area contributed by atoms with Crippen molar-refractivity contribution in [2.75, 3.05) is 5.32 Å². The maximum absolute atomic E-state index is 12.0. The summed E-state index contributed by atoms with van der Waals surface area (Å²) in [5.74, 6) is 1.08. The lowest BCUT2D eigenvalue weighted by Crippen LogP contribution is -2.13. The molecule has 23 heavy (non-hydrogen) atoms. The van der Waals surface area contributed by atoms with Crippen molar-refractivity contribution in [3.63, 3.8) is 0 Å². The molecular formula is C16H19Cl2N3O2. The summed E-state index contributed by atoms with van der Waals surface area (Å²) in [7, 11) is 0. The Kier molecular flexibility index (Phi) is 5.65. The van der Waals surface area contributed by atoms with Crippen molar-refractivity contribution < 1.29 is 9.32 Å². The minimum absolute atomic E-state index is 0.135. The van der Waals surface area contributed by atoms with E-state index < -0.39 is 0 Å². The van der Waals surface area contributed by atoms with E-state index in [0.29, 0.717) is 46.7 Å². The maximum Gasteiger partial charge on any atom is 0.226 e. The minimum atomic E-state index is -0.150. The van der Waals surface area contributed by atoms with Crippen LogP contribution in [0.2, 0.25) is 10.0 Å². The summed E-state index contributed by atoms with van der Waals surface area (Å²) in [6.07, 6.45) is 1.49. The zero-order valence-corrected chi connectivity index (χ0v) is 14.8. The lowest BCUT2D eigenvalue weighted by Gasteiger charge is -2.10. The predicted molar refractivity (Wildman–Crippen MR) is 91.0 cm³/mol.